The molecule has 0 bridgehead atoms. The van der Waals surface area contributed by atoms with Gasteiger partial charge < -0.3 is 10.0 Å². The molecule has 0 saturated carbocycles. The minimum atomic E-state index is -4.37. The summed E-state index contributed by atoms with van der Waals surface area (Å²) in [5, 5.41) is 13.3. The van der Waals surface area contributed by atoms with Crippen LogP contribution in [0.5, 0.6) is 0 Å². The number of carbonyl (C=O) groups is 1. The molecule has 9 heteroatoms. The van der Waals surface area contributed by atoms with Crippen LogP contribution in [0.4, 0.5) is 18.3 Å². The maximum atomic E-state index is 12.7. The largest absolute Gasteiger partial charge is 0.481 e. The molecule has 1 aromatic carbocycles. The SMILES string of the molecule is O=C(O)CCN(Cc1cccs1)c1nc(-c2ccc(C(F)(F)F)cc2)cs1. The number of anilines is 1. The van der Waals surface area contributed by atoms with Crippen LogP contribution in [0.3, 0.4) is 0 Å². The van der Waals surface area contributed by atoms with Crippen LogP contribution in [0.1, 0.15) is 16.9 Å². The third-order valence-electron chi connectivity index (χ3n) is 3.79. The molecule has 0 amide bonds. The Hall–Kier alpha value is -2.39. The van der Waals surface area contributed by atoms with Gasteiger partial charge in [-0.25, -0.2) is 4.98 Å². The quantitative estimate of drug-likeness (QED) is 0.567. The zero-order valence-electron chi connectivity index (χ0n) is 13.9. The van der Waals surface area contributed by atoms with Crippen molar-refractivity contribution in [3.05, 3.63) is 57.6 Å². The standard InChI is InChI=1S/C18H15F3N2O2S2/c19-18(20,21)13-5-3-12(4-6-13)15-11-27-17(22-15)23(8-7-16(24)25)10-14-2-1-9-26-14/h1-6,9,11H,7-8,10H2,(H,24,25). The Balaban J connectivity index is 1.80. The Labute approximate surface area is 161 Å². The molecule has 0 radical (unpaired) electrons. The van der Waals surface area contributed by atoms with Crippen LogP contribution in [0.25, 0.3) is 11.3 Å². The van der Waals surface area contributed by atoms with Gasteiger partial charge in [0.2, 0.25) is 0 Å². The van der Waals surface area contributed by atoms with Crippen LogP contribution in [-0.2, 0) is 17.5 Å². The van der Waals surface area contributed by atoms with Gasteiger partial charge in [0.15, 0.2) is 5.13 Å². The number of thiophene rings is 1. The van der Waals surface area contributed by atoms with Crippen molar-refractivity contribution in [1.29, 1.82) is 0 Å². The molecule has 0 aliphatic carbocycles. The number of hydrogen-bond donors (Lipinski definition) is 1. The van der Waals surface area contributed by atoms with Gasteiger partial charge in [0.25, 0.3) is 0 Å². The molecule has 0 unspecified atom stereocenters. The molecule has 4 nitrogen and oxygen atoms in total. The van der Waals surface area contributed by atoms with Crippen molar-refractivity contribution in [2.24, 2.45) is 0 Å². The van der Waals surface area contributed by atoms with Crippen LogP contribution in [0.15, 0.2) is 47.2 Å². The van der Waals surface area contributed by atoms with Crippen LogP contribution in [0.2, 0.25) is 0 Å². The molecule has 142 valence electrons. The monoisotopic (exact) mass is 412 g/mol. The van der Waals surface area contributed by atoms with Crippen molar-refractivity contribution in [3.63, 3.8) is 0 Å². The fraction of sp³-hybridized carbons (Fsp3) is 0.222. The number of aliphatic carboxylic acids is 1. The summed E-state index contributed by atoms with van der Waals surface area (Å²) < 4.78 is 38.1. The second kappa shape index (κ2) is 8.10. The minimum Gasteiger partial charge on any atom is -0.481 e. The average Bonchev–Trinajstić information content (AvgIpc) is 3.29. The van der Waals surface area contributed by atoms with Crippen LogP contribution in [-0.4, -0.2) is 22.6 Å². The summed E-state index contributed by atoms with van der Waals surface area (Å²) in [6.07, 6.45) is -4.40. The average molecular weight is 412 g/mol. The summed E-state index contributed by atoms with van der Waals surface area (Å²) in [4.78, 5) is 18.4. The van der Waals surface area contributed by atoms with Crippen LogP contribution in [0, 0.1) is 0 Å². The Morgan fingerprint density at radius 3 is 2.48 bits per heavy atom. The second-order valence-electron chi connectivity index (χ2n) is 5.74. The summed E-state index contributed by atoms with van der Waals surface area (Å²) >= 11 is 2.91. The van der Waals surface area contributed by atoms with E-state index in [1.54, 1.807) is 16.7 Å². The third kappa shape index (κ3) is 5.08. The lowest BCUT2D eigenvalue weighted by atomic mass is 10.1. The lowest BCUT2D eigenvalue weighted by molar-refractivity contribution is -0.138. The van der Waals surface area contributed by atoms with E-state index < -0.39 is 17.7 Å². The van der Waals surface area contributed by atoms with E-state index in [1.807, 2.05) is 22.4 Å². The molecule has 27 heavy (non-hydrogen) atoms. The minimum absolute atomic E-state index is 0.0272. The molecule has 0 aliphatic rings. The number of carboxylic acids is 1. The number of nitrogens with zero attached hydrogens (tertiary/aromatic N) is 2. The van der Waals surface area contributed by atoms with Gasteiger partial charge in [0.05, 0.1) is 24.2 Å². The molecule has 0 atom stereocenters. The van der Waals surface area contributed by atoms with Gasteiger partial charge in [0.1, 0.15) is 0 Å². The first-order chi connectivity index (χ1) is 12.8. The number of alkyl halides is 3. The number of thiazole rings is 1. The first-order valence-corrected chi connectivity index (χ1v) is 9.71. The van der Waals surface area contributed by atoms with Gasteiger partial charge >= 0.3 is 12.1 Å². The van der Waals surface area contributed by atoms with E-state index in [0.29, 0.717) is 29.5 Å². The predicted molar refractivity (Wildman–Crippen MR) is 100 cm³/mol. The van der Waals surface area contributed by atoms with Gasteiger partial charge in [0, 0.05) is 22.4 Å². The lowest BCUT2D eigenvalue weighted by Gasteiger charge is -2.20. The molecular weight excluding hydrogens is 397 g/mol. The molecule has 3 rings (SSSR count). The van der Waals surface area contributed by atoms with Crippen molar-refractivity contribution in [2.75, 3.05) is 11.4 Å². The highest BCUT2D eigenvalue weighted by molar-refractivity contribution is 7.14. The second-order valence-corrected chi connectivity index (χ2v) is 7.60. The van der Waals surface area contributed by atoms with Crippen molar-refractivity contribution in [3.8, 4) is 11.3 Å². The number of carboxylic acid groups (broad SMARTS) is 1. The normalized spacial score (nSPS) is 11.5. The highest BCUT2D eigenvalue weighted by Crippen LogP contribution is 2.33. The molecular formula is C18H15F3N2O2S2. The van der Waals surface area contributed by atoms with E-state index in [-0.39, 0.29) is 6.42 Å². The maximum absolute atomic E-state index is 12.7. The zero-order chi connectivity index (χ0) is 19.4. The number of aromatic nitrogens is 1. The number of rotatable bonds is 7. The van der Waals surface area contributed by atoms with E-state index in [4.69, 9.17) is 5.11 Å². The highest BCUT2D eigenvalue weighted by atomic mass is 32.1. The van der Waals surface area contributed by atoms with Crippen molar-refractivity contribution < 1.29 is 23.1 Å². The number of hydrogen-bond acceptors (Lipinski definition) is 5. The van der Waals surface area contributed by atoms with Crippen molar-refractivity contribution in [2.45, 2.75) is 19.1 Å². The lowest BCUT2D eigenvalue weighted by Crippen LogP contribution is -2.25. The Morgan fingerprint density at radius 1 is 1.15 bits per heavy atom. The fourth-order valence-corrected chi connectivity index (χ4v) is 4.02. The Bertz CT molecular complexity index is 890. The van der Waals surface area contributed by atoms with Gasteiger partial charge in [-0.3, -0.25) is 4.79 Å². The number of benzene rings is 1. The Morgan fingerprint density at radius 2 is 1.89 bits per heavy atom. The van der Waals surface area contributed by atoms with Crippen LogP contribution < -0.4 is 4.90 Å². The highest BCUT2D eigenvalue weighted by Gasteiger charge is 2.30. The van der Waals surface area contributed by atoms with E-state index in [2.05, 4.69) is 4.98 Å². The van der Waals surface area contributed by atoms with Gasteiger partial charge in [-0.1, -0.05) is 18.2 Å². The molecule has 0 aliphatic heterocycles. The topological polar surface area (TPSA) is 53.4 Å². The molecule has 1 N–H and O–H groups in total. The zero-order valence-corrected chi connectivity index (χ0v) is 15.6. The van der Waals surface area contributed by atoms with Gasteiger partial charge in [-0.15, -0.1) is 22.7 Å². The molecule has 0 fully saturated rings. The maximum Gasteiger partial charge on any atom is 0.416 e. The first kappa shape index (κ1) is 19.4. The van der Waals surface area contributed by atoms with Gasteiger partial charge in [-0.05, 0) is 23.6 Å². The van der Waals surface area contributed by atoms with E-state index >= 15 is 0 Å². The van der Waals surface area contributed by atoms with E-state index in [1.165, 1.54) is 23.5 Å². The fourth-order valence-electron chi connectivity index (χ4n) is 2.44. The molecule has 3 aromatic rings. The summed E-state index contributed by atoms with van der Waals surface area (Å²) in [6.45, 7) is 0.831. The number of halogens is 3. The summed E-state index contributed by atoms with van der Waals surface area (Å²) in [7, 11) is 0. The van der Waals surface area contributed by atoms with Crippen molar-refractivity contribution in [1.82, 2.24) is 4.98 Å². The summed E-state index contributed by atoms with van der Waals surface area (Å²) in [6, 6.07) is 8.73. The van der Waals surface area contributed by atoms with E-state index in [0.717, 1.165) is 17.0 Å². The Kier molecular flexibility index (Phi) is 5.81. The predicted octanol–water partition coefficient (Wildman–Crippen LogP) is 5.37. The molecule has 0 saturated heterocycles. The summed E-state index contributed by atoms with van der Waals surface area (Å²) in [5.41, 5.74) is 0.442. The van der Waals surface area contributed by atoms with E-state index in [9.17, 15) is 18.0 Å². The summed E-state index contributed by atoms with van der Waals surface area (Å²) in [5.74, 6) is -0.898. The van der Waals surface area contributed by atoms with Gasteiger partial charge in [-0.2, -0.15) is 13.2 Å². The van der Waals surface area contributed by atoms with Crippen LogP contribution >= 0.6 is 22.7 Å². The van der Waals surface area contributed by atoms with Crippen molar-refractivity contribution >= 4 is 33.8 Å². The smallest absolute Gasteiger partial charge is 0.416 e. The molecule has 2 aromatic heterocycles. The molecule has 0 spiro atoms. The third-order valence-corrected chi connectivity index (χ3v) is 5.56. The molecule has 2 heterocycles. The first-order valence-electron chi connectivity index (χ1n) is 7.95.